The third kappa shape index (κ3) is 3.83. The highest BCUT2D eigenvalue weighted by Gasteiger charge is 2.22. The van der Waals surface area contributed by atoms with Crippen LogP contribution in [-0.2, 0) is 23.0 Å². The second-order valence-electron chi connectivity index (χ2n) is 6.02. The lowest BCUT2D eigenvalue weighted by Gasteiger charge is -2.22. The Bertz CT molecular complexity index is 836. The van der Waals surface area contributed by atoms with Gasteiger partial charge in [-0.1, -0.05) is 0 Å². The van der Waals surface area contributed by atoms with E-state index < -0.39 is 17.9 Å². The number of anilines is 2. The first kappa shape index (κ1) is 17.9. The van der Waals surface area contributed by atoms with Crippen molar-refractivity contribution in [2.75, 3.05) is 24.4 Å². The highest BCUT2D eigenvalue weighted by Crippen LogP contribution is 2.32. The molecule has 0 aliphatic carbocycles. The number of methoxy groups -OCH3 is 1. The summed E-state index contributed by atoms with van der Waals surface area (Å²) >= 11 is 0. The lowest BCUT2D eigenvalue weighted by atomic mass is 10.0. The van der Waals surface area contributed by atoms with Gasteiger partial charge in [-0.15, -0.1) is 0 Å². The van der Waals surface area contributed by atoms with Gasteiger partial charge in [0.2, 0.25) is 5.91 Å². The quantitative estimate of drug-likeness (QED) is 0.758. The first-order valence-electron chi connectivity index (χ1n) is 8.14. The molecule has 2 aromatic rings. The average molecular weight is 361 g/mol. The van der Waals surface area contributed by atoms with Gasteiger partial charge in [0, 0.05) is 26.8 Å². The third-order valence-corrected chi connectivity index (χ3v) is 4.17. The molecule has 0 saturated heterocycles. The predicted molar refractivity (Wildman–Crippen MR) is 93.3 cm³/mol. The molecule has 8 nitrogen and oxygen atoms in total. The summed E-state index contributed by atoms with van der Waals surface area (Å²) in [5.41, 5.74) is 2.06. The number of aryl methyl sites for hydroxylation is 2. The van der Waals surface area contributed by atoms with Gasteiger partial charge < -0.3 is 20.7 Å². The molecular formula is C17H20FN5O3. The van der Waals surface area contributed by atoms with Crippen molar-refractivity contribution >= 4 is 23.3 Å². The van der Waals surface area contributed by atoms with E-state index in [-0.39, 0.29) is 18.2 Å². The van der Waals surface area contributed by atoms with E-state index in [1.165, 1.54) is 19.2 Å². The predicted octanol–water partition coefficient (Wildman–Crippen LogP) is 1.95. The number of halogens is 1. The number of hydrogen-bond donors (Lipinski definition) is 3. The van der Waals surface area contributed by atoms with Crippen LogP contribution in [0.2, 0.25) is 0 Å². The molecular weight excluding hydrogens is 341 g/mol. The van der Waals surface area contributed by atoms with Crippen LogP contribution in [0, 0.1) is 5.82 Å². The third-order valence-electron chi connectivity index (χ3n) is 4.17. The fourth-order valence-corrected chi connectivity index (χ4v) is 2.97. The molecule has 3 rings (SSSR count). The summed E-state index contributed by atoms with van der Waals surface area (Å²) in [4.78, 5) is 24.1. The largest absolute Gasteiger partial charge is 0.382 e. The number of carbonyl (C=O) groups excluding carboxylic acids is 2. The molecule has 1 atom stereocenters. The number of benzene rings is 1. The number of nitrogens with one attached hydrogen (secondary N) is 3. The van der Waals surface area contributed by atoms with Gasteiger partial charge in [-0.25, -0.2) is 9.18 Å². The molecule has 1 aliphatic rings. The zero-order valence-corrected chi connectivity index (χ0v) is 14.5. The van der Waals surface area contributed by atoms with Crippen LogP contribution in [0.1, 0.15) is 23.7 Å². The van der Waals surface area contributed by atoms with Crippen LogP contribution in [0.25, 0.3) is 0 Å². The Morgan fingerprint density at radius 2 is 2.27 bits per heavy atom. The van der Waals surface area contributed by atoms with Gasteiger partial charge in [0.25, 0.3) is 0 Å². The van der Waals surface area contributed by atoms with Gasteiger partial charge in [-0.05, 0) is 30.2 Å². The minimum Gasteiger partial charge on any atom is -0.382 e. The Morgan fingerprint density at radius 3 is 2.96 bits per heavy atom. The van der Waals surface area contributed by atoms with Crippen molar-refractivity contribution in [1.29, 1.82) is 0 Å². The van der Waals surface area contributed by atoms with Crippen LogP contribution in [0.15, 0.2) is 24.4 Å². The van der Waals surface area contributed by atoms with E-state index in [1.54, 1.807) is 24.0 Å². The van der Waals surface area contributed by atoms with Crippen LogP contribution >= 0.6 is 0 Å². The van der Waals surface area contributed by atoms with Gasteiger partial charge in [0.05, 0.1) is 29.7 Å². The number of fused-ring (bicyclic) bond motifs is 1. The molecule has 0 fully saturated rings. The minimum atomic E-state index is -0.541. The summed E-state index contributed by atoms with van der Waals surface area (Å²) in [5, 5.41) is 12.2. The van der Waals surface area contributed by atoms with Crippen molar-refractivity contribution in [3.8, 4) is 0 Å². The Hall–Kier alpha value is -2.94. The van der Waals surface area contributed by atoms with Crippen LogP contribution < -0.4 is 16.0 Å². The van der Waals surface area contributed by atoms with Gasteiger partial charge in [-0.2, -0.15) is 5.10 Å². The van der Waals surface area contributed by atoms with Gasteiger partial charge in [-0.3, -0.25) is 9.48 Å². The molecule has 9 heteroatoms. The number of carbonyl (C=O) groups is 2. The molecule has 0 saturated carbocycles. The lowest BCUT2D eigenvalue weighted by molar-refractivity contribution is -0.116. The molecule has 1 aromatic heterocycles. The van der Waals surface area contributed by atoms with Gasteiger partial charge >= 0.3 is 6.03 Å². The average Bonchev–Trinajstić information content (AvgIpc) is 3.01. The molecule has 1 aromatic carbocycles. The van der Waals surface area contributed by atoms with Gasteiger partial charge in [0.1, 0.15) is 5.82 Å². The molecule has 2 heterocycles. The number of ether oxygens (including phenoxy) is 1. The van der Waals surface area contributed by atoms with E-state index in [4.69, 9.17) is 4.74 Å². The van der Waals surface area contributed by atoms with Crippen LogP contribution in [0.4, 0.5) is 20.6 Å². The van der Waals surface area contributed by atoms with E-state index in [9.17, 15) is 14.0 Å². The molecule has 0 bridgehead atoms. The second-order valence-corrected chi connectivity index (χ2v) is 6.02. The first-order chi connectivity index (χ1) is 12.5. The van der Waals surface area contributed by atoms with E-state index >= 15 is 0 Å². The smallest absolute Gasteiger partial charge is 0.319 e. The van der Waals surface area contributed by atoms with Crippen LogP contribution in [-0.4, -0.2) is 35.4 Å². The molecule has 26 heavy (non-hydrogen) atoms. The van der Waals surface area contributed by atoms with E-state index in [2.05, 4.69) is 21.0 Å². The normalized spacial score (nSPS) is 14.3. The highest BCUT2D eigenvalue weighted by molar-refractivity contribution is 6.01. The zero-order chi connectivity index (χ0) is 18.7. The summed E-state index contributed by atoms with van der Waals surface area (Å²) in [6.07, 6.45) is 2.34. The molecule has 138 valence electrons. The Morgan fingerprint density at radius 1 is 1.46 bits per heavy atom. The highest BCUT2D eigenvalue weighted by atomic mass is 19.1. The summed E-state index contributed by atoms with van der Waals surface area (Å²) in [5.74, 6) is -0.644. The second kappa shape index (κ2) is 7.52. The fraction of sp³-hybridized carbons (Fsp3) is 0.353. The Balaban J connectivity index is 1.78. The van der Waals surface area contributed by atoms with E-state index in [0.717, 1.165) is 5.69 Å². The van der Waals surface area contributed by atoms with Crippen LogP contribution in [0.3, 0.4) is 0 Å². The molecule has 1 unspecified atom stereocenters. The molecule has 3 amide bonds. The van der Waals surface area contributed by atoms with Crippen molar-refractivity contribution in [2.24, 2.45) is 7.05 Å². The lowest BCUT2D eigenvalue weighted by Crippen LogP contribution is -2.36. The summed E-state index contributed by atoms with van der Waals surface area (Å²) in [6, 6.07) is 3.34. The maximum atomic E-state index is 13.8. The van der Waals surface area contributed by atoms with E-state index in [1.807, 2.05) is 0 Å². The Kier molecular flexibility index (Phi) is 5.17. The standard InChI is InChI=1S/C17H20FN5O3/c1-23-14(5-6-19-23)13(9-26-2)21-17(25)20-12-8-11(18)7-10-3-4-15(24)22-16(10)12/h5-8,13H,3-4,9H2,1-2H3,(H,22,24)(H2,20,21,25). The SMILES string of the molecule is COCC(NC(=O)Nc1cc(F)cc2c1NC(=O)CC2)c1ccnn1C. The number of aromatic nitrogens is 2. The minimum absolute atomic E-state index is 0.167. The molecule has 3 N–H and O–H groups in total. The summed E-state index contributed by atoms with van der Waals surface area (Å²) < 4.78 is 20.6. The van der Waals surface area contributed by atoms with Gasteiger partial charge in [0.15, 0.2) is 0 Å². The van der Waals surface area contributed by atoms with Crippen molar-refractivity contribution in [2.45, 2.75) is 18.9 Å². The maximum absolute atomic E-state index is 13.8. The summed E-state index contributed by atoms with van der Waals surface area (Å²) in [6.45, 7) is 0.241. The van der Waals surface area contributed by atoms with Crippen molar-refractivity contribution in [1.82, 2.24) is 15.1 Å². The van der Waals surface area contributed by atoms with Crippen molar-refractivity contribution in [3.63, 3.8) is 0 Å². The Labute approximate surface area is 149 Å². The topological polar surface area (TPSA) is 97.3 Å². The monoisotopic (exact) mass is 361 g/mol. The van der Waals surface area contributed by atoms with E-state index in [0.29, 0.717) is 24.1 Å². The number of nitrogens with zero attached hydrogens (tertiary/aromatic N) is 2. The fourth-order valence-electron chi connectivity index (χ4n) is 2.97. The molecule has 1 aliphatic heterocycles. The zero-order valence-electron chi connectivity index (χ0n) is 14.5. The van der Waals surface area contributed by atoms with Crippen molar-refractivity contribution < 1.29 is 18.7 Å². The number of urea groups is 1. The number of hydrogen-bond acceptors (Lipinski definition) is 4. The van der Waals surface area contributed by atoms with Crippen molar-refractivity contribution in [3.05, 3.63) is 41.5 Å². The molecule has 0 spiro atoms. The first-order valence-corrected chi connectivity index (χ1v) is 8.14. The number of rotatable bonds is 5. The molecule has 0 radical (unpaired) electrons. The summed E-state index contributed by atoms with van der Waals surface area (Å²) in [7, 11) is 3.29. The van der Waals surface area contributed by atoms with Crippen LogP contribution in [0.5, 0.6) is 0 Å². The maximum Gasteiger partial charge on any atom is 0.319 e. The number of amides is 3.